The lowest BCUT2D eigenvalue weighted by Crippen LogP contribution is -2.12. The van der Waals surface area contributed by atoms with Crippen molar-refractivity contribution >= 4 is 5.57 Å². The minimum Gasteiger partial charge on any atom is -0.497 e. The van der Waals surface area contributed by atoms with Gasteiger partial charge in [0.15, 0.2) is 0 Å². The lowest BCUT2D eigenvalue weighted by molar-refractivity contribution is 0.415. The van der Waals surface area contributed by atoms with E-state index in [1.165, 1.54) is 11.1 Å². The topological polar surface area (TPSA) is 21.3 Å². The monoisotopic (exact) mass is 186 g/mol. The lowest BCUT2D eigenvalue weighted by atomic mass is 10.0. The maximum Gasteiger partial charge on any atom is 0.118 e. The van der Waals surface area contributed by atoms with Crippen molar-refractivity contribution in [1.29, 1.82) is 0 Å². The van der Waals surface area contributed by atoms with E-state index in [1.54, 1.807) is 7.11 Å². The van der Waals surface area contributed by atoms with E-state index in [-0.39, 0.29) is 0 Å². The molecular formula is C12H12NO. The lowest BCUT2D eigenvalue weighted by Gasteiger charge is -2.10. The fourth-order valence-corrected chi connectivity index (χ4v) is 1.41. The molecule has 0 saturated carbocycles. The molecule has 0 saturated heterocycles. The Kier molecular flexibility index (Phi) is 2.54. The summed E-state index contributed by atoms with van der Waals surface area (Å²) in [6.45, 7) is 0.836. The number of rotatable bonds is 2. The van der Waals surface area contributed by atoms with Gasteiger partial charge in [0.1, 0.15) is 5.75 Å². The molecule has 0 spiro atoms. The molecule has 0 unspecified atom stereocenters. The van der Waals surface area contributed by atoms with Gasteiger partial charge >= 0.3 is 0 Å². The zero-order chi connectivity index (χ0) is 9.80. The Morgan fingerprint density at radius 1 is 1.29 bits per heavy atom. The van der Waals surface area contributed by atoms with E-state index in [9.17, 15) is 0 Å². The molecule has 1 radical (unpaired) electrons. The van der Waals surface area contributed by atoms with Gasteiger partial charge in [-0.2, -0.15) is 0 Å². The van der Waals surface area contributed by atoms with E-state index in [0.717, 1.165) is 12.3 Å². The number of hydrogen-bond acceptors (Lipinski definition) is 2. The van der Waals surface area contributed by atoms with Gasteiger partial charge in [0, 0.05) is 6.54 Å². The number of dihydropyridines is 1. The second-order valence-corrected chi connectivity index (χ2v) is 3.08. The maximum atomic E-state index is 5.10. The van der Waals surface area contributed by atoms with E-state index >= 15 is 0 Å². The summed E-state index contributed by atoms with van der Waals surface area (Å²) in [6.07, 6.45) is 6.89. The second-order valence-electron chi connectivity index (χ2n) is 3.08. The number of benzene rings is 1. The SMILES string of the molecule is COc1ccc(C2=CC=[C]NC2)cc1. The molecule has 0 fully saturated rings. The molecular weight excluding hydrogens is 174 g/mol. The molecule has 1 N–H and O–H groups in total. The fourth-order valence-electron chi connectivity index (χ4n) is 1.41. The summed E-state index contributed by atoms with van der Waals surface area (Å²) in [5, 5.41) is 3.06. The van der Waals surface area contributed by atoms with Gasteiger partial charge in [-0.25, -0.2) is 0 Å². The van der Waals surface area contributed by atoms with Crippen LogP contribution in [-0.2, 0) is 0 Å². The first-order chi connectivity index (χ1) is 6.90. The van der Waals surface area contributed by atoms with Crippen LogP contribution in [0.4, 0.5) is 0 Å². The van der Waals surface area contributed by atoms with Crippen LogP contribution in [0.15, 0.2) is 36.4 Å². The van der Waals surface area contributed by atoms with Crippen molar-refractivity contribution in [2.24, 2.45) is 0 Å². The zero-order valence-corrected chi connectivity index (χ0v) is 8.08. The predicted molar refractivity (Wildman–Crippen MR) is 56.8 cm³/mol. The Morgan fingerprint density at radius 3 is 2.64 bits per heavy atom. The summed E-state index contributed by atoms with van der Waals surface area (Å²) in [6, 6.07) is 8.06. The summed E-state index contributed by atoms with van der Waals surface area (Å²) >= 11 is 0. The molecule has 14 heavy (non-hydrogen) atoms. The Bertz CT molecular complexity index is 362. The van der Waals surface area contributed by atoms with Crippen molar-refractivity contribution in [3.8, 4) is 5.75 Å². The molecule has 1 aromatic carbocycles. The van der Waals surface area contributed by atoms with E-state index < -0.39 is 0 Å². The first-order valence-corrected chi connectivity index (χ1v) is 4.55. The quantitative estimate of drug-likeness (QED) is 0.762. The van der Waals surface area contributed by atoms with Gasteiger partial charge in [-0.15, -0.1) is 0 Å². The molecule has 0 atom stereocenters. The summed E-state index contributed by atoms with van der Waals surface area (Å²) in [7, 11) is 1.67. The molecule has 0 amide bonds. The largest absolute Gasteiger partial charge is 0.497 e. The van der Waals surface area contributed by atoms with Crippen LogP contribution >= 0.6 is 0 Å². The normalized spacial score (nSPS) is 14.5. The smallest absolute Gasteiger partial charge is 0.118 e. The fraction of sp³-hybridized carbons (Fsp3) is 0.167. The van der Waals surface area contributed by atoms with Crippen molar-refractivity contribution in [2.45, 2.75) is 0 Å². The summed E-state index contributed by atoms with van der Waals surface area (Å²) in [4.78, 5) is 0. The minimum absolute atomic E-state index is 0.836. The summed E-state index contributed by atoms with van der Waals surface area (Å²) < 4.78 is 5.10. The third-order valence-electron chi connectivity index (χ3n) is 2.21. The van der Waals surface area contributed by atoms with Crippen LogP contribution in [0, 0.1) is 6.20 Å². The molecule has 0 aromatic heterocycles. The van der Waals surface area contributed by atoms with Gasteiger partial charge in [0.25, 0.3) is 0 Å². The van der Waals surface area contributed by atoms with Crippen LogP contribution in [0.3, 0.4) is 0 Å². The van der Waals surface area contributed by atoms with E-state index in [0.29, 0.717) is 0 Å². The highest BCUT2D eigenvalue weighted by Gasteiger charge is 2.02. The van der Waals surface area contributed by atoms with Crippen molar-refractivity contribution in [3.05, 3.63) is 48.2 Å². The van der Waals surface area contributed by atoms with Crippen LogP contribution in [0.2, 0.25) is 0 Å². The number of methoxy groups -OCH3 is 1. The average molecular weight is 186 g/mol. The van der Waals surface area contributed by atoms with Crippen LogP contribution < -0.4 is 10.1 Å². The first-order valence-electron chi connectivity index (χ1n) is 4.55. The van der Waals surface area contributed by atoms with Gasteiger partial charge in [-0.1, -0.05) is 18.2 Å². The summed E-state index contributed by atoms with van der Waals surface area (Å²) in [5.74, 6) is 0.889. The molecule has 1 aliphatic heterocycles. The van der Waals surface area contributed by atoms with Crippen molar-refractivity contribution < 1.29 is 4.74 Å². The molecule has 1 aliphatic rings. The minimum atomic E-state index is 0.836. The van der Waals surface area contributed by atoms with Gasteiger partial charge in [0.05, 0.1) is 13.3 Å². The molecule has 1 aromatic rings. The third-order valence-corrected chi connectivity index (χ3v) is 2.21. The van der Waals surface area contributed by atoms with E-state index in [4.69, 9.17) is 4.74 Å². The van der Waals surface area contributed by atoms with Crippen molar-refractivity contribution in [3.63, 3.8) is 0 Å². The van der Waals surface area contributed by atoms with Crippen molar-refractivity contribution in [2.75, 3.05) is 13.7 Å². The van der Waals surface area contributed by atoms with Gasteiger partial charge in [-0.3, -0.25) is 0 Å². The summed E-state index contributed by atoms with van der Waals surface area (Å²) in [5.41, 5.74) is 2.49. The highest BCUT2D eigenvalue weighted by Crippen LogP contribution is 2.19. The Morgan fingerprint density at radius 2 is 2.07 bits per heavy atom. The van der Waals surface area contributed by atoms with Gasteiger partial charge in [-0.05, 0) is 29.3 Å². The molecule has 2 nitrogen and oxygen atoms in total. The predicted octanol–water partition coefficient (Wildman–Crippen LogP) is 2.00. The second kappa shape index (κ2) is 4.01. The van der Waals surface area contributed by atoms with E-state index in [2.05, 4.69) is 29.7 Å². The van der Waals surface area contributed by atoms with Crippen molar-refractivity contribution in [1.82, 2.24) is 5.32 Å². The molecule has 0 bridgehead atoms. The zero-order valence-electron chi connectivity index (χ0n) is 8.08. The molecule has 2 heteroatoms. The molecule has 71 valence electrons. The maximum absolute atomic E-state index is 5.10. The number of hydrogen-bond donors (Lipinski definition) is 1. The Hall–Kier alpha value is -1.70. The highest BCUT2D eigenvalue weighted by molar-refractivity contribution is 5.69. The number of nitrogens with one attached hydrogen (secondary N) is 1. The number of allylic oxidation sites excluding steroid dienone is 2. The number of ether oxygens (including phenoxy) is 1. The van der Waals surface area contributed by atoms with Gasteiger partial charge < -0.3 is 10.1 Å². The third kappa shape index (κ3) is 1.79. The van der Waals surface area contributed by atoms with E-state index in [1.807, 2.05) is 18.2 Å². The standard InChI is InChI=1S/C12H12NO/c1-14-12-6-4-10(5-7-12)11-3-2-8-13-9-11/h2-7,13H,9H2,1H3. The van der Waals surface area contributed by atoms with Gasteiger partial charge in [0.2, 0.25) is 0 Å². The highest BCUT2D eigenvalue weighted by atomic mass is 16.5. The average Bonchev–Trinajstić information content (AvgIpc) is 2.30. The molecule has 2 rings (SSSR count). The molecule has 0 aliphatic carbocycles. The van der Waals surface area contributed by atoms with Crippen LogP contribution in [0.5, 0.6) is 5.75 Å². The first kappa shape index (κ1) is 8.88. The molecule has 1 heterocycles. The Balaban J connectivity index is 2.24. The van der Waals surface area contributed by atoms with Crippen LogP contribution in [0.1, 0.15) is 5.56 Å². The van der Waals surface area contributed by atoms with Crippen LogP contribution in [-0.4, -0.2) is 13.7 Å². The Labute approximate surface area is 83.9 Å². The van der Waals surface area contributed by atoms with Crippen LogP contribution in [0.25, 0.3) is 5.57 Å².